The fraction of sp³-hybridized carbons (Fsp3) is 0.500. The van der Waals surface area contributed by atoms with E-state index < -0.39 is 17.6 Å². The molecule has 0 unspecified atom stereocenters. The SMILES string of the molecule is CC(C)(C)c1ccc([C@@H](O)C[N+](=O)[O-])cc1. The molecule has 88 valence electrons. The summed E-state index contributed by atoms with van der Waals surface area (Å²) in [5, 5.41) is 19.8. The molecule has 0 saturated heterocycles. The quantitative estimate of drug-likeness (QED) is 0.631. The van der Waals surface area contributed by atoms with E-state index in [1.807, 2.05) is 12.1 Å². The molecule has 1 N–H and O–H groups in total. The third kappa shape index (κ3) is 3.31. The lowest BCUT2D eigenvalue weighted by atomic mass is 9.86. The lowest BCUT2D eigenvalue weighted by Crippen LogP contribution is -2.13. The van der Waals surface area contributed by atoms with Crippen molar-refractivity contribution < 1.29 is 10.0 Å². The number of aliphatic hydroxyl groups excluding tert-OH is 1. The van der Waals surface area contributed by atoms with Crippen LogP contribution in [0.5, 0.6) is 0 Å². The molecule has 0 bridgehead atoms. The van der Waals surface area contributed by atoms with Gasteiger partial charge in [-0.05, 0) is 16.5 Å². The molecule has 1 atom stereocenters. The van der Waals surface area contributed by atoms with Crippen LogP contribution in [0.3, 0.4) is 0 Å². The Balaban J connectivity index is 2.83. The van der Waals surface area contributed by atoms with Crippen molar-refractivity contribution in [2.45, 2.75) is 32.3 Å². The molecule has 16 heavy (non-hydrogen) atoms. The smallest absolute Gasteiger partial charge is 0.233 e. The molecule has 4 nitrogen and oxygen atoms in total. The summed E-state index contributed by atoms with van der Waals surface area (Å²) in [5.74, 6) is 0. The minimum atomic E-state index is -1.02. The molecular weight excluding hydrogens is 206 g/mol. The molecular formula is C12H17NO3. The third-order valence-electron chi connectivity index (χ3n) is 2.48. The Morgan fingerprint density at radius 1 is 1.31 bits per heavy atom. The fourth-order valence-corrected chi connectivity index (χ4v) is 1.45. The highest BCUT2D eigenvalue weighted by Crippen LogP contribution is 2.23. The summed E-state index contributed by atoms with van der Waals surface area (Å²) < 4.78 is 0. The van der Waals surface area contributed by atoms with E-state index in [1.165, 1.54) is 0 Å². The van der Waals surface area contributed by atoms with E-state index in [1.54, 1.807) is 12.1 Å². The second-order valence-corrected chi connectivity index (χ2v) is 4.90. The van der Waals surface area contributed by atoms with E-state index in [0.29, 0.717) is 5.56 Å². The molecule has 0 aliphatic rings. The van der Waals surface area contributed by atoms with Crippen molar-refractivity contribution in [3.63, 3.8) is 0 Å². The van der Waals surface area contributed by atoms with Crippen LogP contribution in [-0.4, -0.2) is 16.6 Å². The Kier molecular flexibility index (Phi) is 3.65. The van der Waals surface area contributed by atoms with E-state index in [4.69, 9.17) is 0 Å². The Labute approximate surface area is 95.1 Å². The maximum Gasteiger partial charge on any atom is 0.233 e. The minimum absolute atomic E-state index is 0.0482. The monoisotopic (exact) mass is 223 g/mol. The summed E-state index contributed by atoms with van der Waals surface area (Å²) in [4.78, 5) is 9.74. The lowest BCUT2D eigenvalue weighted by Gasteiger charge is -2.19. The van der Waals surface area contributed by atoms with Crippen molar-refractivity contribution in [1.29, 1.82) is 0 Å². The summed E-state index contributed by atoms with van der Waals surface area (Å²) >= 11 is 0. The molecule has 0 aromatic heterocycles. The fourth-order valence-electron chi connectivity index (χ4n) is 1.45. The first-order valence-corrected chi connectivity index (χ1v) is 5.21. The van der Waals surface area contributed by atoms with Gasteiger partial charge in [-0.2, -0.15) is 0 Å². The van der Waals surface area contributed by atoms with Crippen molar-refractivity contribution in [3.8, 4) is 0 Å². The van der Waals surface area contributed by atoms with E-state index in [-0.39, 0.29) is 5.41 Å². The van der Waals surface area contributed by atoms with Gasteiger partial charge in [-0.3, -0.25) is 10.1 Å². The molecule has 0 fully saturated rings. The Morgan fingerprint density at radius 3 is 2.19 bits per heavy atom. The molecule has 1 aromatic carbocycles. The van der Waals surface area contributed by atoms with Crippen LogP contribution in [0.1, 0.15) is 38.0 Å². The van der Waals surface area contributed by atoms with Gasteiger partial charge in [0, 0.05) is 4.92 Å². The number of nitro groups is 1. The molecule has 0 aliphatic carbocycles. The molecule has 4 heteroatoms. The van der Waals surface area contributed by atoms with Crippen LogP contribution >= 0.6 is 0 Å². The summed E-state index contributed by atoms with van der Waals surface area (Å²) in [6.45, 7) is 5.83. The molecule has 0 saturated carbocycles. The predicted octanol–water partition coefficient (Wildman–Crippen LogP) is 2.29. The average molecular weight is 223 g/mol. The van der Waals surface area contributed by atoms with Gasteiger partial charge in [-0.25, -0.2) is 0 Å². The molecule has 1 rings (SSSR count). The molecule has 0 radical (unpaired) electrons. The number of aliphatic hydroxyl groups is 1. The number of hydrogen-bond acceptors (Lipinski definition) is 3. The summed E-state index contributed by atoms with van der Waals surface area (Å²) in [6, 6.07) is 7.29. The molecule has 0 heterocycles. The largest absolute Gasteiger partial charge is 0.382 e. The van der Waals surface area contributed by atoms with Crippen LogP contribution in [0.25, 0.3) is 0 Å². The lowest BCUT2D eigenvalue weighted by molar-refractivity contribution is -0.491. The number of benzene rings is 1. The van der Waals surface area contributed by atoms with Gasteiger partial charge in [-0.1, -0.05) is 45.0 Å². The maximum atomic E-state index is 10.3. The Morgan fingerprint density at radius 2 is 1.81 bits per heavy atom. The van der Waals surface area contributed by atoms with Crippen molar-refractivity contribution in [3.05, 3.63) is 45.5 Å². The second kappa shape index (κ2) is 4.61. The van der Waals surface area contributed by atoms with Crippen LogP contribution in [0, 0.1) is 10.1 Å². The van der Waals surface area contributed by atoms with Crippen LogP contribution in [-0.2, 0) is 5.41 Å². The van der Waals surface area contributed by atoms with Gasteiger partial charge < -0.3 is 5.11 Å². The second-order valence-electron chi connectivity index (χ2n) is 4.90. The zero-order valence-electron chi connectivity index (χ0n) is 9.80. The topological polar surface area (TPSA) is 63.4 Å². The van der Waals surface area contributed by atoms with Crippen LogP contribution in [0.2, 0.25) is 0 Å². The number of rotatable bonds is 3. The van der Waals surface area contributed by atoms with Gasteiger partial charge in [0.05, 0.1) is 0 Å². The van der Waals surface area contributed by atoms with Gasteiger partial charge in [0.25, 0.3) is 0 Å². The van der Waals surface area contributed by atoms with Gasteiger partial charge in [0.1, 0.15) is 6.10 Å². The Hall–Kier alpha value is -1.42. The van der Waals surface area contributed by atoms with E-state index in [9.17, 15) is 15.2 Å². The highest BCUT2D eigenvalue weighted by Gasteiger charge is 2.16. The van der Waals surface area contributed by atoms with Gasteiger partial charge in [0.2, 0.25) is 6.54 Å². The van der Waals surface area contributed by atoms with Crippen LogP contribution in [0.4, 0.5) is 0 Å². The van der Waals surface area contributed by atoms with Crippen molar-refractivity contribution >= 4 is 0 Å². The highest BCUT2D eigenvalue weighted by atomic mass is 16.6. The predicted molar refractivity (Wildman–Crippen MR) is 62.0 cm³/mol. The van der Waals surface area contributed by atoms with Crippen LogP contribution < -0.4 is 0 Å². The number of nitrogens with zero attached hydrogens (tertiary/aromatic N) is 1. The summed E-state index contributed by atoms with van der Waals surface area (Å²) in [6.07, 6.45) is -1.02. The van der Waals surface area contributed by atoms with E-state index in [0.717, 1.165) is 5.56 Å². The van der Waals surface area contributed by atoms with Crippen LogP contribution in [0.15, 0.2) is 24.3 Å². The first kappa shape index (κ1) is 12.6. The van der Waals surface area contributed by atoms with Gasteiger partial charge >= 0.3 is 0 Å². The molecule has 1 aromatic rings. The normalized spacial score (nSPS) is 13.5. The first-order valence-electron chi connectivity index (χ1n) is 5.21. The number of hydrogen-bond donors (Lipinski definition) is 1. The van der Waals surface area contributed by atoms with Crippen molar-refractivity contribution in [2.75, 3.05) is 6.54 Å². The highest BCUT2D eigenvalue weighted by molar-refractivity contribution is 5.28. The van der Waals surface area contributed by atoms with E-state index >= 15 is 0 Å². The first-order chi connectivity index (χ1) is 7.30. The van der Waals surface area contributed by atoms with Gasteiger partial charge in [-0.15, -0.1) is 0 Å². The summed E-state index contributed by atoms with van der Waals surface area (Å²) in [5.41, 5.74) is 1.78. The third-order valence-corrected chi connectivity index (χ3v) is 2.48. The molecule has 0 spiro atoms. The molecule has 0 aliphatic heterocycles. The van der Waals surface area contributed by atoms with Crippen molar-refractivity contribution in [1.82, 2.24) is 0 Å². The standard InChI is InChI=1S/C12H17NO3/c1-12(2,3)10-6-4-9(5-7-10)11(14)8-13(15)16/h4-7,11,14H,8H2,1-3H3/t11-/m0/s1. The zero-order valence-corrected chi connectivity index (χ0v) is 9.80. The van der Waals surface area contributed by atoms with Crippen molar-refractivity contribution in [2.24, 2.45) is 0 Å². The minimum Gasteiger partial charge on any atom is -0.382 e. The van der Waals surface area contributed by atoms with Gasteiger partial charge in [0.15, 0.2) is 0 Å². The zero-order chi connectivity index (χ0) is 12.3. The van der Waals surface area contributed by atoms with E-state index in [2.05, 4.69) is 20.8 Å². The maximum absolute atomic E-state index is 10.3. The molecule has 0 amide bonds. The Bertz CT molecular complexity index is 365. The summed E-state index contributed by atoms with van der Waals surface area (Å²) in [7, 11) is 0. The average Bonchev–Trinajstić information content (AvgIpc) is 2.15.